The van der Waals surface area contributed by atoms with Gasteiger partial charge in [-0.15, -0.1) is 0 Å². The molecule has 0 unspecified atom stereocenters. The summed E-state index contributed by atoms with van der Waals surface area (Å²) in [7, 11) is -0.559. The van der Waals surface area contributed by atoms with Crippen molar-refractivity contribution in [1.82, 2.24) is 4.31 Å². The average molecular weight is 300 g/mol. The van der Waals surface area contributed by atoms with E-state index in [1.54, 1.807) is 25.2 Å². The highest BCUT2D eigenvalue weighted by atomic mass is 32.2. The van der Waals surface area contributed by atoms with Crippen LogP contribution < -0.4 is 10.5 Å². The number of ether oxygens (including phenoxy) is 1. The average Bonchev–Trinajstić information content (AvgIpc) is 2.45. The third kappa shape index (κ3) is 3.13. The number of nitrogens with two attached hydrogens (primary N) is 1. The lowest BCUT2D eigenvalue weighted by Crippen LogP contribution is -2.44. The predicted molar refractivity (Wildman–Crippen MR) is 80.2 cm³/mol. The Morgan fingerprint density at radius 2 is 1.95 bits per heavy atom. The summed E-state index contributed by atoms with van der Waals surface area (Å²) in [5.41, 5.74) is 5.94. The SMILES string of the molecule is CCC(C)(C)N(C)S(=O)(=O)c1ccc(CN)cc1OC. The molecule has 0 fully saturated rings. The number of sulfonamides is 1. The molecule has 0 aliphatic heterocycles. The summed E-state index contributed by atoms with van der Waals surface area (Å²) in [6.45, 7) is 6.09. The van der Waals surface area contributed by atoms with Gasteiger partial charge in [-0.3, -0.25) is 0 Å². The number of nitrogens with zero attached hydrogens (tertiary/aromatic N) is 1. The fourth-order valence-electron chi connectivity index (χ4n) is 1.75. The maximum Gasteiger partial charge on any atom is 0.246 e. The van der Waals surface area contributed by atoms with E-state index in [-0.39, 0.29) is 4.90 Å². The van der Waals surface area contributed by atoms with Crippen LogP contribution >= 0.6 is 0 Å². The number of hydrogen-bond donors (Lipinski definition) is 1. The first-order valence-corrected chi connectivity index (χ1v) is 8.00. The van der Waals surface area contributed by atoms with Gasteiger partial charge in [0.1, 0.15) is 10.6 Å². The third-order valence-electron chi connectivity index (χ3n) is 3.82. The Morgan fingerprint density at radius 1 is 1.35 bits per heavy atom. The summed E-state index contributed by atoms with van der Waals surface area (Å²) < 4.78 is 32.1. The Bertz CT molecular complexity index is 568. The largest absolute Gasteiger partial charge is 0.495 e. The summed E-state index contributed by atoms with van der Waals surface area (Å²) in [5.74, 6) is 0.326. The quantitative estimate of drug-likeness (QED) is 0.871. The highest BCUT2D eigenvalue weighted by Gasteiger charge is 2.34. The molecule has 0 aromatic heterocycles. The molecule has 114 valence electrons. The molecule has 0 saturated carbocycles. The van der Waals surface area contributed by atoms with Gasteiger partial charge < -0.3 is 10.5 Å². The lowest BCUT2D eigenvalue weighted by molar-refractivity contribution is 0.256. The molecule has 0 spiro atoms. The van der Waals surface area contributed by atoms with Crippen molar-refractivity contribution in [1.29, 1.82) is 0 Å². The van der Waals surface area contributed by atoms with Gasteiger partial charge in [0.2, 0.25) is 10.0 Å². The minimum absolute atomic E-state index is 0.168. The molecule has 0 atom stereocenters. The number of methoxy groups -OCH3 is 1. The van der Waals surface area contributed by atoms with Crippen LogP contribution in [0.1, 0.15) is 32.8 Å². The summed E-state index contributed by atoms with van der Waals surface area (Å²) in [4.78, 5) is 0.168. The smallest absolute Gasteiger partial charge is 0.246 e. The van der Waals surface area contributed by atoms with E-state index < -0.39 is 15.6 Å². The van der Waals surface area contributed by atoms with Crippen molar-refractivity contribution in [3.63, 3.8) is 0 Å². The number of rotatable bonds is 6. The van der Waals surface area contributed by atoms with E-state index in [2.05, 4.69) is 0 Å². The first kappa shape index (κ1) is 16.9. The van der Waals surface area contributed by atoms with E-state index in [1.165, 1.54) is 11.4 Å². The lowest BCUT2D eigenvalue weighted by Gasteiger charge is -2.34. The Balaban J connectivity index is 3.36. The molecule has 0 amide bonds. The van der Waals surface area contributed by atoms with E-state index in [1.807, 2.05) is 20.8 Å². The Morgan fingerprint density at radius 3 is 2.40 bits per heavy atom. The van der Waals surface area contributed by atoms with Gasteiger partial charge in [0.25, 0.3) is 0 Å². The van der Waals surface area contributed by atoms with Crippen LogP contribution in [-0.2, 0) is 16.6 Å². The van der Waals surface area contributed by atoms with Crippen LogP contribution in [0.2, 0.25) is 0 Å². The van der Waals surface area contributed by atoms with Gasteiger partial charge in [-0.1, -0.05) is 13.0 Å². The van der Waals surface area contributed by atoms with Crippen LogP contribution in [0.4, 0.5) is 0 Å². The van der Waals surface area contributed by atoms with Gasteiger partial charge in [0.05, 0.1) is 7.11 Å². The molecule has 0 bridgehead atoms. The van der Waals surface area contributed by atoms with Crippen LogP contribution in [0.3, 0.4) is 0 Å². The molecule has 1 rings (SSSR count). The molecule has 2 N–H and O–H groups in total. The van der Waals surface area contributed by atoms with Crippen molar-refractivity contribution in [3.05, 3.63) is 23.8 Å². The molecule has 0 heterocycles. The minimum Gasteiger partial charge on any atom is -0.495 e. The highest BCUT2D eigenvalue weighted by Crippen LogP contribution is 2.31. The summed E-state index contributed by atoms with van der Waals surface area (Å²) in [6, 6.07) is 4.93. The molecular weight excluding hydrogens is 276 g/mol. The van der Waals surface area contributed by atoms with E-state index in [4.69, 9.17) is 10.5 Å². The van der Waals surface area contributed by atoms with Crippen LogP contribution in [0.25, 0.3) is 0 Å². The van der Waals surface area contributed by atoms with Gasteiger partial charge in [-0.2, -0.15) is 4.31 Å². The van der Waals surface area contributed by atoms with Gasteiger partial charge in [-0.05, 0) is 38.0 Å². The Kier molecular flexibility index (Phi) is 5.18. The maximum atomic E-state index is 12.7. The normalized spacial score (nSPS) is 12.8. The van der Waals surface area contributed by atoms with Crippen molar-refractivity contribution in [2.24, 2.45) is 5.73 Å². The van der Waals surface area contributed by atoms with Gasteiger partial charge in [-0.25, -0.2) is 8.42 Å². The standard InChI is InChI=1S/C14H24N2O3S/c1-6-14(2,3)16(4)20(17,18)13-8-7-11(10-15)9-12(13)19-5/h7-9H,6,10,15H2,1-5H3. The molecule has 0 aliphatic rings. The first-order valence-electron chi connectivity index (χ1n) is 6.56. The fraction of sp³-hybridized carbons (Fsp3) is 0.571. The Hall–Kier alpha value is -1.11. The van der Waals surface area contributed by atoms with Crippen LogP contribution in [0, 0.1) is 0 Å². The topological polar surface area (TPSA) is 72.6 Å². The molecule has 20 heavy (non-hydrogen) atoms. The summed E-state index contributed by atoms with van der Waals surface area (Å²) in [6.07, 6.45) is 0.714. The molecule has 0 saturated heterocycles. The second-order valence-electron chi connectivity index (χ2n) is 5.33. The van der Waals surface area contributed by atoms with Gasteiger partial charge >= 0.3 is 0 Å². The third-order valence-corrected chi connectivity index (χ3v) is 5.93. The maximum absolute atomic E-state index is 12.7. The molecular formula is C14H24N2O3S. The lowest BCUT2D eigenvalue weighted by atomic mass is 10.0. The van der Waals surface area contributed by atoms with Crippen LogP contribution in [-0.4, -0.2) is 32.4 Å². The molecule has 1 aromatic carbocycles. The van der Waals surface area contributed by atoms with Crippen molar-refractivity contribution < 1.29 is 13.2 Å². The molecule has 1 aromatic rings. The van der Waals surface area contributed by atoms with Gasteiger partial charge in [0, 0.05) is 19.1 Å². The van der Waals surface area contributed by atoms with E-state index in [9.17, 15) is 8.42 Å². The summed E-state index contributed by atoms with van der Waals surface area (Å²) >= 11 is 0. The van der Waals surface area contributed by atoms with E-state index >= 15 is 0 Å². The molecule has 6 heteroatoms. The number of benzene rings is 1. The monoisotopic (exact) mass is 300 g/mol. The number of hydrogen-bond acceptors (Lipinski definition) is 4. The summed E-state index contributed by atoms with van der Waals surface area (Å²) in [5, 5.41) is 0. The zero-order valence-corrected chi connectivity index (χ0v) is 13.6. The van der Waals surface area contributed by atoms with E-state index in [0.717, 1.165) is 5.56 Å². The Labute approximate surface area is 121 Å². The predicted octanol–water partition coefficient (Wildman–Crippen LogP) is 1.96. The van der Waals surface area contributed by atoms with Crippen molar-refractivity contribution >= 4 is 10.0 Å². The highest BCUT2D eigenvalue weighted by molar-refractivity contribution is 7.89. The second kappa shape index (κ2) is 6.11. The van der Waals surface area contributed by atoms with Crippen molar-refractivity contribution in [2.75, 3.05) is 14.2 Å². The molecule has 0 aliphatic carbocycles. The second-order valence-corrected chi connectivity index (χ2v) is 7.27. The first-order chi connectivity index (χ1) is 9.20. The van der Waals surface area contributed by atoms with E-state index in [0.29, 0.717) is 18.7 Å². The zero-order chi connectivity index (χ0) is 15.6. The molecule has 5 nitrogen and oxygen atoms in total. The minimum atomic E-state index is -3.61. The zero-order valence-electron chi connectivity index (χ0n) is 12.8. The van der Waals surface area contributed by atoms with Gasteiger partial charge in [0.15, 0.2) is 0 Å². The van der Waals surface area contributed by atoms with Crippen LogP contribution in [0.5, 0.6) is 5.75 Å². The fourth-order valence-corrected chi connectivity index (χ4v) is 3.46. The van der Waals surface area contributed by atoms with Crippen molar-refractivity contribution in [2.45, 2.75) is 44.2 Å². The van der Waals surface area contributed by atoms with Crippen LogP contribution in [0.15, 0.2) is 23.1 Å². The molecule has 0 radical (unpaired) electrons. The van der Waals surface area contributed by atoms with Crippen molar-refractivity contribution in [3.8, 4) is 5.75 Å².